The minimum absolute atomic E-state index is 0.0819. The molecular weight excluding hydrogens is 255 g/mol. The molecule has 0 N–H and O–H groups in total. The number of amides is 1. The zero-order valence-corrected chi connectivity index (χ0v) is 12.4. The molecule has 1 aliphatic heterocycles. The van der Waals surface area contributed by atoms with Crippen LogP contribution in [0.5, 0.6) is 0 Å². The molecule has 1 unspecified atom stereocenters. The largest absolute Gasteiger partial charge is 0.326 e. The molecule has 1 aliphatic carbocycles. The van der Waals surface area contributed by atoms with Crippen molar-refractivity contribution in [1.29, 1.82) is 5.26 Å². The lowest BCUT2D eigenvalue weighted by molar-refractivity contribution is -0.139. The molecule has 0 aromatic carbocycles. The van der Waals surface area contributed by atoms with Crippen molar-refractivity contribution in [2.45, 2.75) is 52.0 Å². The smallest absolute Gasteiger partial charge is 0.227 e. The van der Waals surface area contributed by atoms with Gasteiger partial charge in [0.15, 0.2) is 0 Å². The normalized spacial score (nSPS) is 30.0. The Morgan fingerprint density at radius 1 is 1.50 bits per heavy atom. The lowest BCUT2D eigenvalue weighted by Gasteiger charge is -2.35. The monoisotopic (exact) mass is 278 g/mol. The summed E-state index contributed by atoms with van der Waals surface area (Å²) in [7, 11) is 0. The number of rotatable bonds is 3. The zero-order valence-electron chi connectivity index (χ0n) is 12.4. The van der Waals surface area contributed by atoms with Gasteiger partial charge < -0.3 is 4.90 Å². The van der Waals surface area contributed by atoms with Crippen molar-refractivity contribution < 1.29 is 9.18 Å². The number of halogens is 1. The minimum Gasteiger partial charge on any atom is -0.326 e. The van der Waals surface area contributed by atoms with Crippen LogP contribution in [0.3, 0.4) is 0 Å². The minimum atomic E-state index is -0.705. The van der Waals surface area contributed by atoms with E-state index >= 15 is 0 Å². The molecule has 0 aromatic heterocycles. The van der Waals surface area contributed by atoms with Gasteiger partial charge >= 0.3 is 0 Å². The summed E-state index contributed by atoms with van der Waals surface area (Å²) in [5.41, 5.74) is -0.705. The van der Waals surface area contributed by atoms with Gasteiger partial charge in [0.1, 0.15) is 6.04 Å². The topological polar surface area (TPSA) is 44.1 Å². The maximum Gasteiger partial charge on any atom is 0.227 e. The predicted molar refractivity (Wildman–Crippen MR) is 75.2 cm³/mol. The number of hydrogen-bond acceptors (Lipinski definition) is 2. The van der Waals surface area contributed by atoms with Gasteiger partial charge in [-0.1, -0.05) is 33.3 Å². The van der Waals surface area contributed by atoms with Crippen molar-refractivity contribution in [3.63, 3.8) is 0 Å². The van der Waals surface area contributed by atoms with Gasteiger partial charge in [0.2, 0.25) is 5.91 Å². The Hall–Kier alpha value is -1.37. The van der Waals surface area contributed by atoms with E-state index in [0.717, 1.165) is 19.3 Å². The summed E-state index contributed by atoms with van der Waals surface area (Å²) in [5.74, 6) is -0.536. The summed E-state index contributed by atoms with van der Waals surface area (Å²) in [4.78, 5) is 14.4. The number of hydrogen-bond donors (Lipinski definition) is 0. The molecule has 2 fully saturated rings. The summed E-state index contributed by atoms with van der Waals surface area (Å²) in [6.45, 7) is 7.94. The van der Waals surface area contributed by atoms with Crippen LogP contribution < -0.4 is 0 Å². The first-order valence-electron chi connectivity index (χ1n) is 7.47. The molecule has 0 aromatic rings. The van der Waals surface area contributed by atoms with Crippen LogP contribution in [0.2, 0.25) is 0 Å². The van der Waals surface area contributed by atoms with Crippen LogP contribution in [-0.2, 0) is 4.79 Å². The average molecular weight is 278 g/mol. The predicted octanol–water partition coefficient (Wildman–Crippen LogP) is 3.43. The van der Waals surface area contributed by atoms with E-state index in [0.29, 0.717) is 25.3 Å². The van der Waals surface area contributed by atoms with Crippen LogP contribution in [-0.4, -0.2) is 23.4 Å². The summed E-state index contributed by atoms with van der Waals surface area (Å²) in [6, 6.07) is 1.85. The van der Waals surface area contributed by atoms with E-state index in [2.05, 4.69) is 12.6 Å². The first-order valence-corrected chi connectivity index (χ1v) is 7.47. The van der Waals surface area contributed by atoms with Gasteiger partial charge in [-0.05, 0) is 25.2 Å². The number of nitriles is 1. The molecule has 1 saturated carbocycles. The molecule has 2 aliphatic rings. The van der Waals surface area contributed by atoms with Crippen LogP contribution in [0.1, 0.15) is 46.0 Å². The van der Waals surface area contributed by atoms with Crippen LogP contribution >= 0.6 is 0 Å². The molecule has 110 valence electrons. The second kappa shape index (κ2) is 5.55. The summed E-state index contributed by atoms with van der Waals surface area (Å²) in [5, 5.41) is 9.19. The molecule has 2 rings (SSSR count). The fraction of sp³-hybridized carbons (Fsp3) is 0.750. The Morgan fingerprint density at radius 2 is 2.10 bits per heavy atom. The molecule has 20 heavy (non-hydrogen) atoms. The van der Waals surface area contributed by atoms with Crippen LogP contribution in [0.4, 0.5) is 4.39 Å². The molecule has 1 heterocycles. The second-order valence-electron chi connectivity index (χ2n) is 6.47. The zero-order chi connectivity index (χ0) is 14.9. The lowest BCUT2D eigenvalue weighted by Crippen LogP contribution is -2.44. The second-order valence-corrected chi connectivity index (χ2v) is 6.47. The summed E-state index contributed by atoms with van der Waals surface area (Å²) in [6.07, 6.45) is 3.99. The van der Waals surface area contributed by atoms with Crippen molar-refractivity contribution in [2.75, 3.05) is 6.54 Å². The standard InChI is InChI=1S/C16H23FN2O/c1-11-8-14(9-18)19(10-11)15(20)12(2)16(13(3)17)6-4-5-7-16/h11-12,14H,3-8,10H2,1-2H3/t11-,12?,14+/m1/s1. The Labute approximate surface area is 120 Å². The maximum atomic E-state index is 14.0. The Morgan fingerprint density at radius 3 is 2.60 bits per heavy atom. The van der Waals surface area contributed by atoms with Gasteiger partial charge in [-0.25, -0.2) is 4.39 Å². The van der Waals surface area contributed by atoms with E-state index in [9.17, 15) is 14.4 Å². The van der Waals surface area contributed by atoms with Crippen molar-refractivity contribution in [3.05, 3.63) is 12.4 Å². The lowest BCUT2D eigenvalue weighted by atomic mass is 9.73. The molecular formula is C16H23FN2O. The number of carbonyl (C=O) groups excluding carboxylic acids is 1. The Kier molecular flexibility index (Phi) is 4.17. The van der Waals surface area contributed by atoms with Crippen molar-refractivity contribution >= 4 is 5.91 Å². The third kappa shape index (κ3) is 2.34. The maximum absolute atomic E-state index is 14.0. The Bertz CT molecular complexity index is 448. The van der Waals surface area contributed by atoms with Gasteiger partial charge in [0, 0.05) is 17.9 Å². The van der Waals surface area contributed by atoms with Gasteiger partial charge in [-0.15, -0.1) is 0 Å². The first-order chi connectivity index (χ1) is 9.42. The first kappa shape index (κ1) is 15.0. The van der Waals surface area contributed by atoms with E-state index in [1.165, 1.54) is 0 Å². The highest BCUT2D eigenvalue weighted by Gasteiger charge is 2.48. The highest BCUT2D eigenvalue weighted by Crippen LogP contribution is 2.50. The quantitative estimate of drug-likeness (QED) is 0.794. The van der Waals surface area contributed by atoms with E-state index in [4.69, 9.17) is 0 Å². The van der Waals surface area contributed by atoms with E-state index in [-0.39, 0.29) is 17.8 Å². The van der Waals surface area contributed by atoms with Gasteiger partial charge in [-0.2, -0.15) is 5.26 Å². The number of carbonyl (C=O) groups is 1. The van der Waals surface area contributed by atoms with Gasteiger partial charge in [-0.3, -0.25) is 4.79 Å². The van der Waals surface area contributed by atoms with Gasteiger partial charge in [0.25, 0.3) is 0 Å². The van der Waals surface area contributed by atoms with Gasteiger partial charge in [0.05, 0.1) is 11.9 Å². The molecule has 1 amide bonds. The molecule has 3 atom stereocenters. The van der Waals surface area contributed by atoms with Crippen molar-refractivity contribution in [1.82, 2.24) is 4.90 Å². The van der Waals surface area contributed by atoms with Crippen LogP contribution in [0.25, 0.3) is 0 Å². The average Bonchev–Trinajstić information content (AvgIpc) is 3.03. The molecule has 1 saturated heterocycles. The fourth-order valence-electron chi connectivity index (χ4n) is 3.84. The molecule has 3 nitrogen and oxygen atoms in total. The summed E-state index contributed by atoms with van der Waals surface area (Å²) >= 11 is 0. The van der Waals surface area contributed by atoms with E-state index in [1.54, 1.807) is 11.8 Å². The number of allylic oxidation sites excluding steroid dienone is 1. The third-order valence-corrected chi connectivity index (χ3v) is 5.18. The number of nitrogens with zero attached hydrogens (tertiary/aromatic N) is 2. The molecule has 4 heteroatoms. The summed E-state index contributed by atoms with van der Waals surface area (Å²) < 4.78 is 14.0. The highest BCUT2D eigenvalue weighted by molar-refractivity contribution is 5.81. The molecule has 0 radical (unpaired) electrons. The third-order valence-electron chi connectivity index (χ3n) is 5.18. The van der Waals surface area contributed by atoms with Crippen LogP contribution in [0, 0.1) is 28.6 Å². The fourth-order valence-corrected chi connectivity index (χ4v) is 3.84. The molecule has 0 bridgehead atoms. The van der Waals surface area contributed by atoms with E-state index in [1.807, 2.05) is 6.92 Å². The number of likely N-dealkylation sites (tertiary alicyclic amines) is 1. The Balaban J connectivity index is 2.20. The van der Waals surface area contributed by atoms with Crippen molar-refractivity contribution in [3.8, 4) is 6.07 Å². The van der Waals surface area contributed by atoms with Crippen LogP contribution in [0.15, 0.2) is 12.4 Å². The highest BCUT2D eigenvalue weighted by atomic mass is 19.1. The van der Waals surface area contributed by atoms with E-state index < -0.39 is 11.3 Å². The van der Waals surface area contributed by atoms with Crippen molar-refractivity contribution in [2.24, 2.45) is 17.3 Å². The molecule has 0 spiro atoms. The SMILES string of the molecule is C=C(F)C1(C(C)C(=O)N2C[C@H](C)C[C@H]2C#N)CCCC1.